The summed E-state index contributed by atoms with van der Waals surface area (Å²) in [6.07, 6.45) is 23.0. The molecule has 0 radical (unpaired) electrons. The van der Waals surface area contributed by atoms with Gasteiger partial charge in [-0.05, 0) is 97.7 Å². The van der Waals surface area contributed by atoms with Gasteiger partial charge in [0.15, 0.2) is 0 Å². The zero-order valence-electron chi connectivity index (χ0n) is 25.5. The summed E-state index contributed by atoms with van der Waals surface area (Å²) in [4.78, 5) is 16.6. The smallest absolute Gasteiger partial charge is 0.407 e. The minimum atomic E-state index is -0.253. The topological polar surface area (TPSA) is 56.1 Å². The van der Waals surface area contributed by atoms with Crippen LogP contribution >= 0.6 is 0 Å². The maximum absolute atomic E-state index is 12.5. The van der Waals surface area contributed by atoms with Crippen LogP contribution in [-0.4, -0.2) is 28.3 Å². The van der Waals surface area contributed by atoms with Gasteiger partial charge in [0.1, 0.15) is 6.10 Å². The molecule has 1 amide bonds. The lowest BCUT2D eigenvalue weighted by molar-refractivity contribution is -0.0581. The lowest BCUT2D eigenvalue weighted by atomic mass is 9.47. The fraction of sp³-hybridized carbons (Fsp3) is 0.824. The van der Waals surface area contributed by atoms with Crippen LogP contribution in [0.1, 0.15) is 112 Å². The van der Waals surface area contributed by atoms with Crippen molar-refractivity contribution in [2.45, 2.75) is 124 Å². The number of alkyl carbamates (subject to hydrolysis) is 1. The highest BCUT2D eigenvalue weighted by Crippen LogP contribution is 2.67. The molecule has 0 spiro atoms. The molecule has 3 saturated carbocycles. The van der Waals surface area contributed by atoms with Crippen molar-refractivity contribution in [3.63, 3.8) is 0 Å². The highest BCUT2D eigenvalue weighted by molar-refractivity contribution is 5.67. The number of aryl methyl sites for hydroxylation is 1. The van der Waals surface area contributed by atoms with E-state index < -0.39 is 0 Å². The number of rotatable bonds is 10. The van der Waals surface area contributed by atoms with E-state index in [0.717, 1.165) is 67.7 Å². The number of nitrogens with one attached hydrogen (secondary N) is 1. The van der Waals surface area contributed by atoms with E-state index in [9.17, 15) is 4.79 Å². The Labute approximate surface area is 237 Å². The number of hydrogen-bond donors (Lipinski definition) is 1. The molecule has 8 atom stereocenters. The summed E-state index contributed by atoms with van der Waals surface area (Å²) in [5.41, 5.74) is 2.43. The van der Waals surface area contributed by atoms with Gasteiger partial charge in [0.05, 0.1) is 6.33 Å². The first kappa shape index (κ1) is 28.7. The molecule has 4 aliphatic carbocycles. The second-order valence-electron chi connectivity index (χ2n) is 14.6. The summed E-state index contributed by atoms with van der Waals surface area (Å²) in [7, 11) is 0. The molecule has 0 aliphatic heterocycles. The molecule has 0 aromatic carbocycles. The van der Waals surface area contributed by atoms with Gasteiger partial charge in [-0.1, -0.05) is 65.5 Å². The Balaban J connectivity index is 1.15. The van der Waals surface area contributed by atoms with Crippen LogP contribution < -0.4 is 5.32 Å². The normalized spacial score (nSPS) is 36.5. The van der Waals surface area contributed by atoms with Crippen LogP contribution in [0.25, 0.3) is 0 Å². The van der Waals surface area contributed by atoms with Gasteiger partial charge in [-0.15, -0.1) is 0 Å². The van der Waals surface area contributed by atoms with Crippen LogP contribution in [0.4, 0.5) is 4.79 Å². The molecule has 0 saturated heterocycles. The predicted octanol–water partition coefficient (Wildman–Crippen LogP) is 8.41. The minimum Gasteiger partial charge on any atom is -0.446 e. The zero-order chi connectivity index (χ0) is 27.6. The fourth-order valence-corrected chi connectivity index (χ4v) is 9.82. The van der Waals surface area contributed by atoms with Crippen molar-refractivity contribution in [1.29, 1.82) is 0 Å². The summed E-state index contributed by atoms with van der Waals surface area (Å²) < 4.78 is 7.95. The van der Waals surface area contributed by atoms with Crippen molar-refractivity contribution >= 4 is 6.09 Å². The third-order valence-electron chi connectivity index (χ3n) is 12.0. The Morgan fingerprint density at radius 1 is 1.10 bits per heavy atom. The van der Waals surface area contributed by atoms with Crippen LogP contribution in [-0.2, 0) is 11.3 Å². The molecule has 0 bridgehead atoms. The van der Waals surface area contributed by atoms with Crippen molar-refractivity contribution in [2.75, 3.05) is 6.54 Å². The number of hydrogen-bond acceptors (Lipinski definition) is 3. The monoisotopic (exact) mass is 537 g/mol. The van der Waals surface area contributed by atoms with Gasteiger partial charge in [0.2, 0.25) is 0 Å². The molecule has 8 unspecified atom stereocenters. The van der Waals surface area contributed by atoms with Gasteiger partial charge in [0, 0.05) is 31.9 Å². The Morgan fingerprint density at radius 2 is 1.95 bits per heavy atom. The summed E-state index contributed by atoms with van der Waals surface area (Å²) >= 11 is 0. The van der Waals surface area contributed by atoms with E-state index in [4.69, 9.17) is 4.74 Å². The third kappa shape index (κ3) is 5.98. The Hall–Kier alpha value is -1.78. The van der Waals surface area contributed by atoms with Crippen LogP contribution in [0.5, 0.6) is 0 Å². The molecule has 218 valence electrons. The van der Waals surface area contributed by atoms with Gasteiger partial charge < -0.3 is 14.6 Å². The summed E-state index contributed by atoms with van der Waals surface area (Å²) in [5, 5.41) is 2.97. The van der Waals surface area contributed by atoms with Crippen molar-refractivity contribution in [1.82, 2.24) is 14.9 Å². The SMILES string of the molecule is CC(C)CCCC(C)C1CCC2C3CC=C4CC(OC(=O)NCCCn5ccnc5)CCC4(C)C3CCC12C. The lowest BCUT2D eigenvalue weighted by Crippen LogP contribution is -2.51. The van der Waals surface area contributed by atoms with Gasteiger partial charge in [0.25, 0.3) is 0 Å². The van der Waals surface area contributed by atoms with Gasteiger partial charge in [-0.25, -0.2) is 9.78 Å². The largest absolute Gasteiger partial charge is 0.446 e. The Kier molecular flexibility index (Phi) is 8.83. The summed E-state index contributed by atoms with van der Waals surface area (Å²) in [5.74, 6) is 5.16. The molecular formula is C34H55N3O2. The maximum atomic E-state index is 12.5. The average Bonchev–Trinajstić information content (AvgIpc) is 3.54. The molecule has 5 heteroatoms. The molecular weight excluding hydrogens is 482 g/mol. The predicted molar refractivity (Wildman–Crippen MR) is 158 cm³/mol. The molecule has 5 rings (SSSR count). The third-order valence-corrected chi connectivity index (χ3v) is 12.0. The van der Waals surface area contributed by atoms with E-state index in [2.05, 4.69) is 51.0 Å². The number of imidazole rings is 1. The standard InChI is InChI=1S/C34H55N3O2/c1-24(2)8-6-9-25(3)29-12-13-30-28-11-10-26-22-27(14-16-33(26,4)31(28)15-17-34(29,30)5)39-32(38)36-18-7-20-37-21-19-35-23-37/h10,19,21,23-25,27-31H,6-9,11-18,20,22H2,1-5H3,(H,36,38). The first-order valence-electron chi connectivity index (χ1n) is 16.3. The summed E-state index contributed by atoms with van der Waals surface area (Å²) in [6, 6.07) is 0. The molecule has 1 aromatic heterocycles. The molecule has 5 nitrogen and oxygen atoms in total. The second kappa shape index (κ2) is 12.0. The number of carbonyl (C=O) groups excluding carboxylic acids is 1. The van der Waals surface area contributed by atoms with Crippen molar-refractivity contribution in [3.8, 4) is 0 Å². The van der Waals surface area contributed by atoms with E-state index >= 15 is 0 Å². The number of carbonyl (C=O) groups is 1. The van der Waals surface area contributed by atoms with E-state index in [1.807, 2.05) is 17.1 Å². The first-order chi connectivity index (χ1) is 18.7. The van der Waals surface area contributed by atoms with Crippen LogP contribution in [0.2, 0.25) is 0 Å². The first-order valence-corrected chi connectivity index (χ1v) is 16.3. The Bertz CT molecular complexity index is 987. The van der Waals surface area contributed by atoms with Crippen LogP contribution in [0.15, 0.2) is 30.4 Å². The van der Waals surface area contributed by atoms with Gasteiger partial charge >= 0.3 is 6.09 Å². The number of ether oxygens (including phenoxy) is 1. The van der Waals surface area contributed by atoms with Gasteiger partial charge in [-0.2, -0.15) is 0 Å². The molecule has 1 heterocycles. The average molecular weight is 538 g/mol. The van der Waals surface area contributed by atoms with Crippen molar-refractivity contribution in [3.05, 3.63) is 30.4 Å². The maximum Gasteiger partial charge on any atom is 0.407 e. The van der Waals surface area contributed by atoms with Crippen LogP contribution in [0, 0.1) is 46.3 Å². The summed E-state index contributed by atoms with van der Waals surface area (Å²) in [6.45, 7) is 14.0. The number of fused-ring (bicyclic) bond motifs is 5. The quantitative estimate of drug-likeness (QED) is 0.241. The molecule has 1 N–H and O–H groups in total. The van der Waals surface area contributed by atoms with E-state index in [1.54, 1.807) is 11.8 Å². The highest BCUT2D eigenvalue weighted by atomic mass is 16.6. The number of nitrogens with zero attached hydrogens (tertiary/aromatic N) is 2. The van der Waals surface area contributed by atoms with E-state index in [0.29, 0.717) is 17.4 Å². The highest BCUT2D eigenvalue weighted by Gasteiger charge is 2.59. The van der Waals surface area contributed by atoms with E-state index in [-0.39, 0.29) is 12.2 Å². The zero-order valence-corrected chi connectivity index (χ0v) is 25.5. The van der Waals surface area contributed by atoms with Gasteiger partial charge in [-0.3, -0.25) is 0 Å². The fourth-order valence-electron chi connectivity index (χ4n) is 9.82. The molecule has 1 aromatic rings. The number of aromatic nitrogens is 2. The Morgan fingerprint density at radius 3 is 2.72 bits per heavy atom. The minimum absolute atomic E-state index is 0.0194. The van der Waals surface area contributed by atoms with Crippen molar-refractivity contribution < 1.29 is 9.53 Å². The second-order valence-corrected chi connectivity index (χ2v) is 14.6. The molecule has 39 heavy (non-hydrogen) atoms. The number of allylic oxidation sites excluding steroid dienone is 1. The number of amides is 1. The molecule has 3 fully saturated rings. The lowest BCUT2D eigenvalue weighted by Gasteiger charge is -2.58. The van der Waals surface area contributed by atoms with Crippen molar-refractivity contribution in [2.24, 2.45) is 46.3 Å². The van der Waals surface area contributed by atoms with Crippen LogP contribution in [0.3, 0.4) is 0 Å². The van der Waals surface area contributed by atoms with E-state index in [1.165, 1.54) is 51.4 Å². The molecule has 4 aliphatic rings.